The van der Waals surface area contributed by atoms with Gasteiger partial charge >= 0.3 is 0 Å². The number of aliphatic hydroxyl groups excluding tert-OH is 1. The van der Waals surface area contributed by atoms with Crippen molar-refractivity contribution in [1.29, 1.82) is 0 Å². The third-order valence-corrected chi connectivity index (χ3v) is 5.45. The summed E-state index contributed by atoms with van der Waals surface area (Å²) in [6.07, 6.45) is 4.52. The van der Waals surface area contributed by atoms with Gasteiger partial charge in [0.25, 0.3) is 0 Å². The summed E-state index contributed by atoms with van der Waals surface area (Å²) < 4.78 is 18.6. The van der Waals surface area contributed by atoms with Gasteiger partial charge in [-0.1, -0.05) is 60.0 Å². The molecule has 0 amide bonds. The number of halogens is 1. The largest absolute Gasteiger partial charge is 0.437 e. The molecule has 180 valence electrons. The molecule has 0 aliphatic rings. The van der Waals surface area contributed by atoms with Crippen molar-refractivity contribution < 1.29 is 19.3 Å². The highest BCUT2D eigenvalue weighted by atomic mass is 35.5. The molecular weight excluding hydrogens is 454 g/mol. The number of aliphatic hydroxyl groups is 1. The van der Waals surface area contributed by atoms with Crippen molar-refractivity contribution in [2.75, 3.05) is 40.0 Å². The van der Waals surface area contributed by atoms with E-state index in [9.17, 15) is 5.11 Å². The van der Waals surface area contributed by atoms with Crippen LogP contribution in [0.4, 0.5) is 0 Å². The second-order valence-corrected chi connectivity index (χ2v) is 8.16. The SMILES string of the molecule is C#CCOC[C@H](O)CN(CCOC)Cc1c(-c2ccccc2)nn(C)c1Oc1ccccc1Cl. The van der Waals surface area contributed by atoms with E-state index in [2.05, 4.69) is 10.8 Å². The molecule has 0 radical (unpaired) electrons. The molecule has 0 spiro atoms. The first kappa shape index (κ1) is 25.8. The average molecular weight is 484 g/mol. The highest BCUT2D eigenvalue weighted by molar-refractivity contribution is 6.32. The number of rotatable bonds is 13. The Morgan fingerprint density at radius 1 is 1.18 bits per heavy atom. The number of aryl methyl sites for hydroxylation is 1. The van der Waals surface area contributed by atoms with Gasteiger partial charge in [-0.15, -0.1) is 6.42 Å². The first-order valence-electron chi connectivity index (χ1n) is 11.0. The van der Waals surface area contributed by atoms with Crippen LogP contribution in [0.3, 0.4) is 0 Å². The second-order valence-electron chi connectivity index (χ2n) is 7.76. The van der Waals surface area contributed by atoms with Crippen molar-refractivity contribution in [3.05, 3.63) is 65.2 Å². The molecule has 0 unspecified atom stereocenters. The number of ether oxygens (including phenoxy) is 3. The number of para-hydroxylation sites is 1. The minimum absolute atomic E-state index is 0.148. The highest BCUT2D eigenvalue weighted by Crippen LogP contribution is 2.36. The van der Waals surface area contributed by atoms with Gasteiger partial charge in [0.1, 0.15) is 18.1 Å². The van der Waals surface area contributed by atoms with Gasteiger partial charge in [0.15, 0.2) is 0 Å². The van der Waals surface area contributed by atoms with Crippen LogP contribution in [-0.2, 0) is 23.1 Å². The standard InChI is InChI=1S/C26H30ClN3O4/c1-4-15-33-19-21(31)17-30(14-16-32-3)18-22-25(20-10-6-5-7-11-20)28-29(2)26(22)34-24-13-9-8-12-23(24)27/h1,5-13,21,31H,14-19H2,2-3H3/t21-/m1/s1. The van der Waals surface area contributed by atoms with E-state index in [4.69, 9.17) is 37.3 Å². The van der Waals surface area contributed by atoms with Crippen LogP contribution in [0.25, 0.3) is 11.3 Å². The van der Waals surface area contributed by atoms with Crippen LogP contribution in [-0.4, -0.2) is 65.9 Å². The maximum atomic E-state index is 10.5. The molecule has 1 heterocycles. The molecule has 1 N–H and O–H groups in total. The molecule has 34 heavy (non-hydrogen) atoms. The van der Waals surface area contributed by atoms with Crippen LogP contribution in [0.15, 0.2) is 54.6 Å². The molecule has 3 rings (SSSR count). The minimum atomic E-state index is -0.713. The molecular formula is C26H30ClN3O4. The van der Waals surface area contributed by atoms with Crippen LogP contribution < -0.4 is 4.74 Å². The average Bonchev–Trinajstić information content (AvgIpc) is 3.14. The summed E-state index contributed by atoms with van der Waals surface area (Å²) in [4.78, 5) is 2.08. The molecule has 0 saturated carbocycles. The van der Waals surface area contributed by atoms with Gasteiger partial charge in [-0.3, -0.25) is 4.90 Å². The van der Waals surface area contributed by atoms with Crippen LogP contribution >= 0.6 is 11.6 Å². The molecule has 7 nitrogen and oxygen atoms in total. The van der Waals surface area contributed by atoms with Gasteiger partial charge in [-0.2, -0.15) is 5.10 Å². The summed E-state index contributed by atoms with van der Waals surface area (Å²) in [5.74, 6) is 3.53. The molecule has 1 aromatic heterocycles. The van der Waals surface area contributed by atoms with Crippen LogP contribution in [0.5, 0.6) is 11.6 Å². The lowest BCUT2D eigenvalue weighted by Crippen LogP contribution is -2.36. The van der Waals surface area contributed by atoms with E-state index in [1.54, 1.807) is 17.9 Å². The van der Waals surface area contributed by atoms with E-state index in [0.717, 1.165) is 16.8 Å². The number of benzene rings is 2. The van der Waals surface area contributed by atoms with Gasteiger partial charge in [0, 0.05) is 39.4 Å². The Morgan fingerprint density at radius 2 is 1.91 bits per heavy atom. The van der Waals surface area contributed by atoms with E-state index >= 15 is 0 Å². The van der Waals surface area contributed by atoms with Gasteiger partial charge in [0.05, 0.1) is 29.9 Å². The topological polar surface area (TPSA) is 69.0 Å². The van der Waals surface area contributed by atoms with E-state index in [1.165, 1.54) is 0 Å². The predicted molar refractivity (Wildman–Crippen MR) is 133 cm³/mol. The molecule has 0 aliphatic carbocycles. The summed E-state index contributed by atoms with van der Waals surface area (Å²) in [7, 11) is 3.49. The van der Waals surface area contributed by atoms with E-state index < -0.39 is 6.10 Å². The summed E-state index contributed by atoms with van der Waals surface area (Å²) >= 11 is 6.36. The summed E-state index contributed by atoms with van der Waals surface area (Å²) in [6.45, 7) is 2.23. The summed E-state index contributed by atoms with van der Waals surface area (Å²) in [5, 5.41) is 15.8. The molecule has 0 aliphatic heterocycles. The Bertz CT molecular complexity index is 1080. The zero-order valence-electron chi connectivity index (χ0n) is 19.5. The minimum Gasteiger partial charge on any atom is -0.437 e. The predicted octanol–water partition coefficient (Wildman–Crippen LogP) is 3.99. The lowest BCUT2D eigenvalue weighted by atomic mass is 10.1. The highest BCUT2D eigenvalue weighted by Gasteiger charge is 2.24. The number of hydrogen-bond acceptors (Lipinski definition) is 6. The molecule has 3 aromatic rings. The van der Waals surface area contributed by atoms with Crippen molar-refractivity contribution in [2.24, 2.45) is 7.05 Å². The van der Waals surface area contributed by atoms with Gasteiger partial charge < -0.3 is 19.3 Å². The van der Waals surface area contributed by atoms with Crippen molar-refractivity contribution in [3.63, 3.8) is 0 Å². The van der Waals surface area contributed by atoms with E-state index in [-0.39, 0.29) is 13.2 Å². The maximum Gasteiger partial charge on any atom is 0.222 e. The van der Waals surface area contributed by atoms with E-state index in [0.29, 0.717) is 42.9 Å². The van der Waals surface area contributed by atoms with E-state index in [1.807, 2.05) is 55.6 Å². The van der Waals surface area contributed by atoms with Gasteiger partial charge in [0.2, 0.25) is 5.88 Å². The fourth-order valence-electron chi connectivity index (χ4n) is 3.57. The Labute approximate surface area is 205 Å². The first-order chi connectivity index (χ1) is 16.5. The maximum absolute atomic E-state index is 10.5. The Kier molecular flexibility index (Phi) is 9.95. The summed E-state index contributed by atoms with van der Waals surface area (Å²) in [5.41, 5.74) is 2.64. The molecule has 0 fully saturated rings. The van der Waals surface area contributed by atoms with Crippen molar-refractivity contribution in [2.45, 2.75) is 12.6 Å². The number of hydrogen-bond donors (Lipinski definition) is 1. The molecule has 8 heteroatoms. The molecule has 0 bridgehead atoms. The van der Waals surface area contributed by atoms with Crippen LogP contribution in [0, 0.1) is 12.3 Å². The quantitative estimate of drug-likeness (QED) is 0.293. The third kappa shape index (κ3) is 7.07. The number of terminal acetylenes is 1. The lowest BCUT2D eigenvalue weighted by Gasteiger charge is -2.25. The zero-order chi connectivity index (χ0) is 24.3. The number of methoxy groups -OCH3 is 1. The monoisotopic (exact) mass is 483 g/mol. The lowest BCUT2D eigenvalue weighted by molar-refractivity contribution is 0.0206. The van der Waals surface area contributed by atoms with Gasteiger partial charge in [-0.25, -0.2) is 4.68 Å². The summed E-state index contributed by atoms with van der Waals surface area (Å²) in [6, 6.07) is 17.2. The van der Waals surface area contributed by atoms with Crippen molar-refractivity contribution in [3.8, 4) is 35.2 Å². The van der Waals surface area contributed by atoms with Gasteiger partial charge in [-0.05, 0) is 12.1 Å². The Hall–Kier alpha value is -2.86. The zero-order valence-corrected chi connectivity index (χ0v) is 20.2. The first-order valence-corrected chi connectivity index (χ1v) is 11.4. The number of aromatic nitrogens is 2. The smallest absolute Gasteiger partial charge is 0.222 e. The molecule has 2 aromatic carbocycles. The molecule has 0 saturated heterocycles. The van der Waals surface area contributed by atoms with Crippen LogP contribution in [0.1, 0.15) is 5.56 Å². The Morgan fingerprint density at radius 3 is 2.62 bits per heavy atom. The van der Waals surface area contributed by atoms with Crippen molar-refractivity contribution >= 4 is 11.6 Å². The second kappa shape index (κ2) is 13.1. The fraction of sp³-hybridized carbons (Fsp3) is 0.346. The number of nitrogens with zero attached hydrogens (tertiary/aromatic N) is 3. The van der Waals surface area contributed by atoms with Crippen LogP contribution in [0.2, 0.25) is 5.02 Å². The normalized spacial score (nSPS) is 12.0. The molecule has 1 atom stereocenters. The van der Waals surface area contributed by atoms with Crippen molar-refractivity contribution in [1.82, 2.24) is 14.7 Å². The third-order valence-electron chi connectivity index (χ3n) is 5.14. The fourth-order valence-corrected chi connectivity index (χ4v) is 3.74. The Balaban J connectivity index is 1.95.